The highest BCUT2D eigenvalue weighted by molar-refractivity contribution is 9.10. The average molecular weight is 543 g/mol. The van der Waals surface area contributed by atoms with E-state index in [1.54, 1.807) is 48.5 Å². The predicted octanol–water partition coefficient (Wildman–Crippen LogP) is 6.87. The number of rotatable bonds is 5. The first kappa shape index (κ1) is 23.3. The second-order valence-electron chi connectivity index (χ2n) is 7.28. The summed E-state index contributed by atoms with van der Waals surface area (Å²) in [5.74, 6) is -0.514. The van der Waals surface area contributed by atoms with Gasteiger partial charge in [0.1, 0.15) is 5.75 Å². The Balaban J connectivity index is 1.49. The van der Waals surface area contributed by atoms with Crippen LogP contribution < -0.4 is 4.74 Å². The molecule has 3 aromatic rings. The summed E-state index contributed by atoms with van der Waals surface area (Å²) in [5.41, 5.74) is 3.01. The van der Waals surface area contributed by atoms with Crippen molar-refractivity contribution in [3.8, 4) is 5.75 Å². The monoisotopic (exact) mass is 541 g/mol. The summed E-state index contributed by atoms with van der Waals surface area (Å²) in [6.07, 6.45) is 1.65. The molecule has 166 valence electrons. The number of nitrogens with zero attached hydrogens (tertiary/aromatic N) is 1. The Labute approximate surface area is 208 Å². The van der Waals surface area contributed by atoms with Gasteiger partial charge in [0.25, 0.3) is 11.1 Å². The van der Waals surface area contributed by atoms with Gasteiger partial charge in [-0.3, -0.25) is 14.5 Å². The summed E-state index contributed by atoms with van der Waals surface area (Å²) in [5, 5.41) is 0.225. The van der Waals surface area contributed by atoms with Crippen LogP contribution in [0.25, 0.3) is 6.08 Å². The van der Waals surface area contributed by atoms with Gasteiger partial charge in [-0.05, 0) is 93.8 Å². The number of ether oxygens (including phenoxy) is 1. The smallest absolute Gasteiger partial charge is 0.343 e. The van der Waals surface area contributed by atoms with E-state index < -0.39 is 5.97 Å². The Morgan fingerprint density at radius 1 is 1.09 bits per heavy atom. The van der Waals surface area contributed by atoms with Crippen LogP contribution in [0.1, 0.15) is 27.0 Å². The molecule has 1 fully saturated rings. The summed E-state index contributed by atoms with van der Waals surface area (Å²) in [7, 11) is 0. The molecule has 0 spiro atoms. The van der Waals surface area contributed by atoms with E-state index in [9.17, 15) is 14.4 Å². The van der Waals surface area contributed by atoms with Crippen molar-refractivity contribution in [2.45, 2.75) is 13.5 Å². The number of aryl methyl sites for hydroxylation is 1. The Morgan fingerprint density at radius 3 is 2.52 bits per heavy atom. The van der Waals surface area contributed by atoms with E-state index in [0.29, 0.717) is 31.3 Å². The number of hydrogen-bond donors (Lipinski definition) is 0. The zero-order valence-electron chi connectivity index (χ0n) is 17.4. The van der Waals surface area contributed by atoms with Gasteiger partial charge in [0.2, 0.25) is 0 Å². The van der Waals surface area contributed by atoms with Gasteiger partial charge in [-0.2, -0.15) is 0 Å². The molecular formula is C25H17BrClNO4S. The van der Waals surface area contributed by atoms with Gasteiger partial charge in [-0.25, -0.2) is 4.79 Å². The fraction of sp³-hybridized carbons (Fsp3) is 0.0800. The number of imide groups is 1. The number of halogens is 2. The third-order valence-electron chi connectivity index (χ3n) is 5.00. The van der Waals surface area contributed by atoms with Gasteiger partial charge in [-0.15, -0.1) is 0 Å². The largest absolute Gasteiger partial charge is 0.422 e. The Bertz CT molecular complexity index is 1290. The van der Waals surface area contributed by atoms with Gasteiger partial charge in [-0.1, -0.05) is 41.9 Å². The molecule has 0 unspecified atom stereocenters. The minimum Gasteiger partial charge on any atom is -0.422 e. The Hall–Kier alpha value is -2.87. The van der Waals surface area contributed by atoms with Gasteiger partial charge in [0, 0.05) is 5.02 Å². The van der Waals surface area contributed by atoms with E-state index in [4.69, 9.17) is 16.3 Å². The molecule has 0 radical (unpaired) electrons. The van der Waals surface area contributed by atoms with E-state index in [1.165, 1.54) is 4.90 Å². The molecule has 3 aromatic carbocycles. The second kappa shape index (κ2) is 9.95. The third kappa shape index (κ3) is 5.38. The topological polar surface area (TPSA) is 63.7 Å². The van der Waals surface area contributed by atoms with Crippen LogP contribution in [0, 0.1) is 6.92 Å². The first-order valence-electron chi connectivity index (χ1n) is 9.89. The number of carbonyl (C=O) groups excluding carboxylic acids is 3. The van der Waals surface area contributed by atoms with Crippen molar-refractivity contribution in [3.05, 3.63) is 103 Å². The van der Waals surface area contributed by atoms with Crippen molar-refractivity contribution < 1.29 is 19.1 Å². The first-order valence-corrected chi connectivity index (χ1v) is 11.9. The minimum absolute atomic E-state index is 0.234. The van der Waals surface area contributed by atoms with Gasteiger partial charge in [0.15, 0.2) is 0 Å². The van der Waals surface area contributed by atoms with Crippen LogP contribution in [0.5, 0.6) is 5.75 Å². The van der Waals surface area contributed by atoms with Crippen LogP contribution in [-0.2, 0) is 11.3 Å². The van der Waals surface area contributed by atoms with E-state index >= 15 is 0 Å². The quantitative estimate of drug-likeness (QED) is 0.200. The average Bonchev–Trinajstić information content (AvgIpc) is 3.04. The number of amides is 2. The summed E-state index contributed by atoms with van der Waals surface area (Å²) in [6.45, 7) is 2.18. The first-order chi connectivity index (χ1) is 15.8. The number of thioether (sulfide) groups is 1. The Morgan fingerprint density at radius 2 is 1.82 bits per heavy atom. The van der Waals surface area contributed by atoms with Crippen LogP contribution in [0.4, 0.5) is 4.79 Å². The maximum Gasteiger partial charge on any atom is 0.343 e. The van der Waals surface area contributed by atoms with Gasteiger partial charge in [0.05, 0.1) is 21.5 Å². The van der Waals surface area contributed by atoms with Crippen molar-refractivity contribution in [1.29, 1.82) is 0 Å². The van der Waals surface area contributed by atoms with Crippen LogP contribution >= 0.6 is 39.3 Å². The molecule has 0 bridgehead atoms. The lowest BCUT2D eigenvalue weighted by atomic mass is 10.1. The summed E-state index contributed by atoms with van der Waals surface area (Å²) >= 11 is 10.2. The lowest BCUT2D eigenvalue weighted by Gasteiger charge is -2.14. The fourth-order valence-electron chi connectivity index (χ4n) is 3.18. The van der Waals surface area contributed by atoms with Crippen molar-refractivity contribution in [2.75, 3.05) is 0 Å². The number of carbonyl (C=O) groups is 3. The molecule has 4 rings (SSSR count). The predicted molar refractivity (Wildman–Crippen MR) is 133 cm³/mol. The molecule has 0 aromatic heterocycles. The molecule has 1 aliphatic rings. The van der Waals surface area contributed by atoms with Crippen molar-refractivity contribution in [2.24, 2.45) is 0 Å². The van der Waals surface area contributed by atoms with Crippen LogP contribution in [0.2, 0.25) is 5.02 Å². The highest BCUT2D eigenvalue weighted by Gasteiger charge is 2.35. The number of benzene rings is 3. The normalized spacial score (nSPS) is 14.8. The fourth-order valence-corrected chi connectivity index (χ4v) is 4.62. The van der Waals surface area contributed by atoms with Crippen molar-refractivity contribution in [3.63, 3.8) is 0 Å². The number of esters is 1. The molecular weight excluding hydrogens is 526 g/mol. The van der Waals surface area contributed by atoms with Gasteiger partial charge >= 0.3 is 5.97 Å². The summed E-state index contributed by atoms with van der Waals surface area (Å²) in [4.78, 5) is 39.2. The maximum absolute atomic E-state index is 12.8. The van der Waals surface area contributed by atoms with E-state index in [-0.39, 0.29) is 17.7 Å². The molecule has 8 heteroatoms. The highest BCUT2D eigenvalue weighted by Crippen LogP contribution is 2.35. The van der Waals surface area contributed by atoms with Crippen molar-refractivity contribution in [1.82, 2.24) is 4.90 Å². The highest BCUT2D eigenvalue weighted by atomic mass is 79.9. The third-order valence-corrected chi connectivity index (χ3v) is 6.78. The standard InChI is InChI=1S/C25H17BrClNO4S/c1-15-4-2-3-5-18(15)14-28-23(29)22(33-25(28)31)13-16-6-11-21(20(26)12-16)32-24(30)17-7-9-19(27)10-8-17/h2-13H,14H2,1H3/b22-13-. The van der Waals surface area contributed by atoms with E-state index in [0.717, 1.165) is 22.9 Å². The lowest BCUT2D eigenvalue weighted by molar-refractivity contribution is -0.123. The second-order valence-corrected chi connectivity index (χ2v) is 9.56. The Kier molecular flexibility index (Phi) is 7.02. The molecule has 5 nitrogen and oxygen atoms in total. The molecule has 33 heavy (non-hydrogen) atoms. The zero-order valence-corrected chi connectivity index (χ0v) is 20.5. The van der Waals surface area contributed by atoms with Crippen LogP contribution in [-0.4, -0.2) is 22.0 Å². The lowest BCUT2D eigenvalue weighted by Crippen LogP contribution is -2.27. The maximum atomic E-state index is 12.8. The molecule has 1 heterocycles. The van der Waals surface area contributed by atoms with E-state index in [1.807, 2.05) is 31.2 Å². The van der Waals surface area contributed by atoms with Crippen LogP contribution in [0.3, 0.4) is 0 Å². The summed E-state index contributed by atoms with van der Waals surface area (Å²) in [6, 6.07) is 19.1. The van der Waals surface area contributed by atoms with E-state index in [2.05, 4.69) is 15.9 Å². The van der Waals surface area contributed by atoms with Crippen LogP contribution in [0.15, 0.2) is 76.1 Å². The number of hydrogen-bond acceptors (Lipinski definition) is 5. The molecule has 0 aliphatic carbocycles. The molecule has 1 saturated heterocycles. The molecule has 0 N–H and O–H groups in total. The molecule has 0 atom stereocenters. The SMILES string of the molecule is Cc1ccccc1CN1C(=O)S/C(=C\c2ccc(OC(=O)c3ccc(Cl)cc3)c(Br)c2)C1=O. The molecule has 0 saturated carbocycles. The van der Waals surface area contributed by atoms with Crippen molar-refractivity contribution >= 4 is 62.5 Å². The summed E-state index contributed by atoms with van der Waals surface area (Å²) < 4.78 is 5.98. The molecule has 1 aliphatic heterocycles. The zero-order chi connectivity index (χ0) is 23.5. The van der Waals surface area contributed by atoms with Gasteiger partial charge < -0.3 is 4.74 Å². The minimum atomic E-state index is -0.516. The molecule has 2 amide bonds.